The SMILES string of the molecule is Cc1ccccc1N1C(=O)CN(S(=O)(=O)c2ccccc2)C[C@]1(C)C(=O)NC1CCCCCCC1. The van der Waals surface area contributed by atoms with Gasteiger partial charge in [0.2, 0.25) is 21.8 Å². The number of sulfonamides is 1. The van der Waals surface area contributed by atoms with Crippen LogP contribution in [0.5, 0.6) is 0 Å². The van der Waals surface area contributed by atoms with Crippen molar-refractivity contribution in [2.75, 3.05) is 18.0 Å². The molecule has 35 heavy (non-hydrogen) atoms. The fourth-order valence-electron chi connectivity index (χ4n) is 5.21. The van der Waals surface area contributed by atoms with E-state index in [1.54, 1.807) is 25.1 Å². The highest BCUT2D eigenvalue weighted by molar-refractivity contribution is 7.89. The van der Waals surface area contributed by atoms with Crippen molar-refractivity contribution in [3.05, 3.63) is 60.2 Å². The van der Waals surface area contributed by atoms with E-state index in [1.807, 2.05) is 31.2 Å². The zero-order valence-corrected chi connectivity index (χ0v) is 21.4. The predicted molar refractivity (Wildman–Crippen MR) is 137 cm³/mol. The molecule has 1 aliphatic carbocycles. The monoisotopic (exact) mass is 497 g/mol. The standard InChI is InChI=1S/C27H35N3O4S/c1-21-13-11-12-18-24(21)30-25(31)19-29(35(33,34)23-16-9-6-10-17-23)20-27(30,2)26(32)28-22-14-7-4-3-5-8-15-22/h6,9-13,16-18,22H,3-5,7-8,14-15,19-20H2,1-2H3,(H,28,32)/t27-/m1/s1. The van der Waals surface area contributed by atoms with Crippen LogP contribution in [0.3, 0.4) is 0 Å². The summed E-state index contributed by atoms with van der Waals surface area (Å²) in [6.45, 7) is 3.13. The molecule has 1 aliphatic heterocycles. The van der Waals surface area contributed by atoms with E-state index in [4.69, 9.17) is 0 Å². The van der Waals surface area contributed by atoms with Crippen LogP contribution in [0.15, 0.2) is 59.5 Å². The largest absolute Gasteiger partial charge is 0.351 e. The summed E-state index contributed by atoms with van der Waals surface area (Å²) in [4.78, 5) is 29.1. The maximum Gasteiger partial charge on any atom is 0.247 e. The van der Waals surface area contributed by atoms with Gasteiger partial charge in [-0.2, -0.15) is 4.31 Å². The van der Waals surface area contributed by atoms with Crippen LogP contribution in [0.2, 0.25) is 0 Å². The molecule has 2 aromatic rings. The van der Waals surface area contributed by atoms with Gasteiger partial charge in [-0.1, -0.05) is 68.5 Å². The molecule has 0 aromatic heterocycles. The Morgan fingerprint density at radius 1 is 0.943 bits per heavy atom. The van der Waals surface area contributed by atoms with E-state index in [-0.39, 0.29) is 29.9 Å². The van der Waals surface area contributed by atoms with Crippen molar-refractivity contribution in [2.45, 2.75) is 75.3 Å². The van der Waals surface area contributed by atoms with Crippen LogP contribution in [0, 0.1) is 6.92 Å². The van der Waals surface area contributed by atoms with Gasteiger partial charge in [0, 0.05) is 18.3 Å². The number of hydrogen-bond acceptors (Lipinski definition) is 4. The summed E-state index contributed by atoms with van der Waals surface area (Å²) < 4.78 is 28.1. The lowest BCUT2D eigenvalue weighted by Crippen LogP contribution is -2.70. The van der Waals surface area contributed by atoms with Crippen LogP contribution in [0.1, 0.15) is 57.4 Å². The lowest BCUT2D eigenvalue weighted by molar-refractivity contribution is -0.133. The van der Waals surface area contributed by atoms with E-state index in [9.17, 15) is 18.0 Å². The number of nitrogens with one attached hydrogen (secondary N) is 1. The molecule has 2 amide bonds. The zero-order valence-electron chi connectivity index (χ0n) is 20.6. The number of piperazine rings is 1. The molecule has 2 aliphatic rings. The number of aryl methyl sites for hydroxylation is 1. The summed E-state index contributed by atoms with van der Waals surface area (Å²) >= 11 is 0. The molecule has 7 nitrogen and oxygen atoms in total. The third kappa shape index (κ3) is 5.28. The molecule has 0 spiro atoms. The normalized spacial score (nSPS) is 22.9. The van der Waals surface area contributed by atoms with Gasteiger partial charge in [0.05, 0.1) is 11.4 Å². The Kier molecular flexibility index (Phi) is 7.62. The van der Waals surface area contributed by atoms with Gasteiger partial charge in [-0.15, -0.1) is 0 Å². The fraction of sp³-hybridized carbons (Fsp3) is 0.481. The first-order valence-corrected chi connectivity index (χ1v) is 13.9. The molecule has 0 unspecified atom stereocenters. The number of hydrogen-bond donors (Lipinski definition) is 1. The van der Waals surface area contributed by atoms with Gasteiger partial charge in [0.15, 0.2) is 0 Å². The summed E-state index contributed by atoms with van der Waals surface area (Å²) in [6, 6.07) is 15.5. The highest BCUT2D eigenvalue weighted by Crippen LogP contribution is 2.34. The molecule has 1 saturated carbocycles. The van der Waals surface area contributed by atoms with E-state index >= 15 is 0 Å². The van der Waals surface area contributed by atoms with E-state index in [2.05, 4.69) is 5.32 Å². The van der Waals surface area contributed by atoms with Crippen molar-refractivity contribution < 1.29 is 18.0 Å². The molecule has 1 heterocycles. The van der Waals surface area contributed by atoms with Crippen LogP contribution in [0.25, 0.3) is 0 Å². The van der Waals surface area contributed by atoms with Gasteiger partial charge in [0.25, 0.3) is 0 Å². The average Bonchev–Trinajstić information content (AvgIpc) is 2.82. The summed E-state index contributed by atoms with van der Waals surface area (Å²) in [5, 5.41) is 3.19. The Morgan fingerprint density at radius 3 is 2.20 bits per heavy atom. The number of para-hydroxylation sites is 1. The van der Waals surface area contributed by atoms with Gasteiger partial charge in [0.1, 0.15) is 5.54 Å². The minimum atomic E-state index is -3.95. The second kappa shape index (κ2) is 10.5. The van der Waals surface area contributed by atoms with Crippen molar-refractivity contribution in [1.82, 2.24) is 9.62 Å². The quantitative estimate of drug-likeness (QED) is 0.676. The smallest absolute Gasteiger partial charge is 0.247 e. The summed E-state index contributed by atoms with van der Waals surface area (Å²) in [5.74, 6) is -0.729. The maximum atomic E-state index is 13.9. The van der Waals surface area contributed by atoms with Crippen molar-refractivity contribution in [1.29, 1.82) is 0 Å². The highest BCUT2D eigenvalue weighted by Gasteiger charge is 2.51. The molecule has 1 N–H and O–H groups in total. The Hall–Kier alpha value is -2.71. The lowest BCUT2D eigenvalue weighted by Gasteiger charge is -2.47. The fourth-order valence-corrected chi connectivity index (χ4v) is 6.71. The predicted octanol–water partition coefficient (Wildman–Crippen LogP) is 4.02. The Labute approximate surface area is 208 Å². The summed E-state index contributed by atoms with van der Waals surface area (Å²) in [5.41, 5.74) is 0.0841. The number of carbonyl (C=O) groups is 2. The van der Waals surface area contributed by atoms with Crippen molar-refractivity contribution in [3.8, 4) is 0 Å². The Bertz CT molecular complexity index is 1160. The second-order valence-electron chi connectivity index (χ2n) is 9.89. The molecule has 1 saturated heterocycles. The minimum Gasteiger partial charge on any atom is -0.351 e. The third-order valence-electron chi connectivity index (χ3n) is 7.21. The summed E-state index contributed by atoms with van der Waals surface area (Å²) in [6.07, 6.45) is 7.42. The second-order valence-corrected chi connectivity index (χ2v) is 11.8. The molecule has 8 heteroatoms. The van der Waals surface area contributed by atoms with Crippen molar-refractivity contribution in [2.24, 2.45) is 0 Å². The van der Waals surface area contributed by atoms with Crippen LogP contribution < -0.4 is 10.2 Å². The van der Waals surface area contributed by atoms with Gasteiger partial charge in [-0.25, -0.2) is 8.42 Å². The Balaban J connectivity index is 1.70. The van der Waals surface area contributed by atoms with E-state index in [1.165, 1.54) is 23.5 Å². The number of rotatable bonds is 5. The van der Waals surface area contributed by atoms with E-state index < -0.39 is 21.5 Å². The molecule has 4 rings (SSSR count). The molecular weight excluding hydrogens is 462 g/mol. The highest BCUT2D eigenvalue weighted by atomic mass is 32.2. The molecular formula is C27H35N3O4S. The molecule has 0 bridgehead atoms. The van der Waals surface area contributed by atoms with Crippen LogP contribution in [-0.4, -0.2) is 49.2 Å². The number of benzene rings is 2. The molecule has 1 atom stereocenters. The first kappa shape index (κ1) is 25.4. The summed E-state index contributed by atoms with van der Waals surface area (Å²) in [7, 11) is -3.95. The van der Waals surface area contributed by atoms with E-state index in [0.717, 1.165) is 48.4 Å². The van der Waals surface area contributed by atoms with Crippen LogP contribution in [0.4, 0.5) is 5.69 Å². The number of anilines is 1. The first-order chi connectivity index (χ1) is 16.7. The third-order valence-corrected chi connectivity index (χ3v) is 9.01. The van der Waals surface area contributed by atoms with Crippen LogP contribution in [-0.2, 0) is 19.6 Å². The van der Waals surface area contributed by atoms with Crippen molar-refractivity contribution in [3.63, 3.8) is 0 Å². The van der Waals surface area contributed by atoms with Gasteiger partial charge in [-0.05, 0) is 50.5 Å². The minimum absolute atomic E-state index is 0.0227. The first-order valence-electron chi connectivity index (χ1n) is 12.5. The topological polar surface area (TPSA) is 86.8 Å². The number of amides is 2. The van der Waals surface area contributed by atoms with Gasteiger partial charge < -0.3 is 5.32 Å². The van der Waals surface area contributed by atoms with Gasteiger partial charge >= 0.3 is 0 Å². The Morgan fingerprint density at radius 2 is 1.54 bits per heavy atom. The lowest BCUT2D eigenvalue weighted by atomic mass is 9.91. The zero-order chi connectivity index (χ0) is 25.1. The maximum absolute atomic E-state index is 13.9. The van der Waals surface area contributed by atoms with Crippen LogP contribution >= 0.6 is 0 Å². The number of carbonyl (C=O) groups excluding carboxylic acids is 2. The molecule has 0 radical (unpaired) electrons. The van der Waals surface area contributed by atoms with Crippen molar-refractivity contribution >= 4 is 27.5 Å². The molecule has 188 valence electrons. The number of nitrogens with zero attached hydrogens (tertiary/aromatic N) is 2. The van der Waals surface area contributed by atoms with E-state index in [0.29, 0.717) is 5.69 Å². The van der Waals surface area contributed by atoms with Gasteiger partial charge in [-0.3, -0.25) is 14.5 Å². The average molecular weight is 498 g/mol. The molecule has 2 aromatic carbocycles. The molecule has 2 fully saturated rings.